The Morgan fingerprint density at radius 3 is 1.72 bits per heavy atom. The quantitative estimate of drug-likeness (QED) is 0.267. The number of benzene rings is 1. The number of rotatable bonds is 14. The SMILES string of the molecule is CCCCCCC1CCC(COc2ccc(OCCCC3CCC(CC)CC3)cc2)CC1. The Morgan fingerprint density at radius 1 is 0.594 bits per heavy atom. The second kappa shape index (κ2) is 14.9. The third-order valence-electron chi connectivity index (χ3n) is 8.31. The first-order valence-corrected chi connectivity index (χ1v) is 14.1. The predicted molar refractivity (Wildman–Crippen MR) is 137 cm³/mol. The highest BCUT2D eigenvalue weighted by molar-refractivity contribution is 5.31. The molecule has 2 fully saturated rings. The van der Waals surface area contributed by atoms with Crippen LogP contribution in [0.4, 0.5) is 0 Å². The Bertz CT molecular complexity index is 579. The lowest BCUT2D eigenvalue weighted by molar-refractivity contribution is 0.177. The molecule has 0 radical (unpaired) electrons. The number of hydrogen-bond acceptors (Lipinski definition) is 2. The lowest BCUT2D eigenvalue weighted by atomic mass is 9.79. The summed E-state index contributed by atoms with van der Waals surface area (Å²) >= 11 is 0. The Labute approximate surface area is 198 Å². The molecule has 0 N–H and O–H groups in total. The molecule has 2 nitrogen and oxygen atoms in total. The minimum absolute atomic E-state index is 0.741. The number of hydrogen-bond donors (Lipinski definition) is 0. The van der Waals surface area contributed by atoms with Crippen molar-refractivity contribution < 1.29 is 9.47 Å². The fourth-order valence-corrected chi connectivity index (χ4v) is 5.88. The van der Waals surface area contributed by atoms with Gasteiger partial charge in [-0.15, -0.1) is 0 Å². The van der Waals surface area contributed by atoms with Gasteiger partial charge in [0.25, 0.3) is 0 Å². The molecule has 2 aliphatic rings. The molecule has 32 heavy (non-hydrogen) atoms. The van der Waals surface area contributed by atoms with Crippen molar-refractivity contribution in [1.29, 1.82) is 0 Å². The van der Waals surface area contributed by atoms with Crippen LogP contribution in [-0.2, 0) is 0 Å². The highest BCUT2D eigenvalue weighted by atomic mass is 16.5. The lowest BCUT2D eigenvalue weighted by Gasteiger charge is -2.28. The maximum atomic E-state index is 6.12. The van der Waals surface area contributed by atoms with E-state index < -0.39 is 0 Å². The molecule has 2 heteroatoms. The number of ether oxygens (including phenoxy) is 2. The van der Waals surface area contributed by atoms with Crippen molar-refractivity contribution in [3.63, 3.8) is 0 Å². The second-order valence-corrected chi connectivity index (χ2v) is 10.8. The molecule has 0 atom stereocenters. The van der Waals surface area contributed by atoms with Crippen molar-refractivity contribution >= 4 is 0 Å². The third-order valence-corrected chi connectivity index (χ3v) is 8.31. The van der Waals surface area contributed by atoms with Crippen LogP contribution in [0.15, 0.2) is 24.3 Å². The van der Waals surface area contributed by atoms with Gasteiger partial charge in [-0.1, -0.05) is 90.9 Å². The van der Waals surface area contributed by atoms with E-state index in [2.05, 4.69) is 38.1 Å². The van der Waals surface area contributed by atoms with Crippen molar-refractivity contribution in [2.45, 2.75) is 117 Å². The largest absolute Gasteiger partial charge is 0.494 e. The summed E-state index contributed by atoms with van der Waals surface area (Å²) < 4.78 is 12.1. The van der Waals surface area contributed by atoms with Crippen LogP contribution < -0.4 is 9.47 Å². The van der Waals surface area contributed by atoms with E-state index >= 15 is 0 Å². The summed E-state index contributed by atoms with van der Waals surface area (Å²) in [4.78, 5) is 0. The molecular formula is C30H50O2. The molecule has 0 amide bonds. The van der Waals surface area contributed by atoms with Crippen LogP contribution in [0.25, 0.3) is 0 Å². The molecule has 0 spiro atoms. The van der Waals surface area contributed by atoms with Crippen molar-refractivity contribution in [2.24, 2.45) is 23.7 Å². The molecule has 0 heterocycles. The van der Waals surface area contributed by atoms with Gasteiger partial charge in [0.05, 0.1) is 13.2 Å². The zero-order valence-corrected chi connectivity index (χ0v) is 21.2. The van der Waals surface area contributed by atoms with Crippen molar-refractivity contribution in [3.8, 4) is 11.5 Å². The average molecular weight is 443 g/mol. The Balaban J connectivity index is 1.23. The summed E-state index contributed by atoms with van der Waals surface area (Å²) in [5, 5.41) is 0. The smallest absolute Gasteiger partial charge is 0.119 e. The molecule has 0 aromatic heterocycles. The summed E-state index contributed by atoms with van der Waals surface area (Å²) in [6.07, 6.45) is 22.2. The van der Waals surface area contributed by atoms with Crippen LogP contribution in [0.2, 0.25) is 0 Å². The zero-order valence-electron chi connectivity index (χ0n) is 21.2. The minimum Gasteiger partial charge on any atom is -0.494 e. The van der Waals surface area contributed by atoms with Crippen molar-refractivity contribution in [1.82, 2.24) is 0 Å². The van der Waals surface area contributed by atoms with Gasteiger partial charge in [0.1, 0.15) is 11.5 Å². The molecule has 0 bridgehead atoms. The standard InChI is InChI=1S/C30H50O2/c1-3-5-6-7-9-26-15-17-28(18-16-26)24-32-30-21-19-29(20-22-30)31-23-8-10-27-13-11-25(4-2)12-14-27/h19-22,25-28H,3-18,23-24H2,1-2H3. The Morgan fingerprint density at radius 2 is 1.12 bits per heavy atom. The van der Waals surface area contributed by atoms with Gasteiger partial charge < -0.3 is 9.47 Å². The van der Waals surface area contributed by atoms with E-state index in [-0.39, 0.29) is 0 Å². The normalized spacial score (nSPS) is 26.1. The van der Waals surface area contributed by atoms with Crippen LogP contribution >= 0.6 is 0 Å². The molecule has 0 aliphatic heterocycles. The van der Waals surface area contributed by atoms with Crippen LogP contribution in [0.1, 0.15) is 117 Å². The highest BCUT2D eigenvalue weighted by Crippen LogP contribution is 2.34. The molecule has 182 valence electrons. The average Bonchev–Trinajstić information content (AvgIpc) is 2.85. The van der Waals surface area contributed by atoms with Gasteiger partial charge in [-0.25, -0.2) is 0 Å². The lowest BCUT2D eigenvalue weighted by Crippen LogP contribution is -2.20. The first kappa shape index (κ1) is 25.4. The van der Waals surface area contributed by atoms with Crippen LogP contribution in [0.3, 0.4) is 0 Å². The van der Waals surface area contributed by atoms with Crippen LogP contribution in [0, 0.1) is 23.7 Å². The molecular weight excluding hydrogens is 392 g/mol. The summed E-state index contributed by atoms with van der Waals surface area (Å²) in [7, 11) is 0. The first-order valence-electron chi connectivity index (χ1n) is 14.1. The second-order valence-electron chi connectivity index (χ2n) is 10.8. The Hall–Kier alpha value is -1.18. The summed E-state index contributed by atoms with van der Waals surface area (Å²) in [5.74, 6) is 5.63. The van der Waals surface area contributed by atoms with Gasteiger partial charge in [-0.3, -0.25) is 0 Å². The molecule has 2 saturated carbocycles. The molecule has 3 rings (SSSR count). The number of unbranched alkanes of at least 4 members (excludes halogenated alkanes) is 3. The molecule has 1 aromatic rings. The monoisotopic (exact) mass is 442 g/mol. The Kier molecular flexibility index (Phi) is 11.8. The van der Waals surface area contributed by atoms with E-state index in [0.29, 0.717) is 0 Å². The summed E-state index contributed by atoms with van der Waals surface area (Å²) in [5.41, 5.74) is 0. The molecule has 0 unspecified atom stereocenters. The van der Waals surface area contributed by atoms with Gasteiger partial charge in [0.15, 0.2) is 0 Å². The van der Waals surface area contributed by atoms with E-state index in [9.17, 15) is 0 Å². The minimum atomic E-state index is 0.741. The van der Waals surface area contributed by atoms with Gasteiger partial charge in [0.2, 0.25) is 0 Å². The van der Waals surface area contributed by atoms with Crippen LogP contribution in [-0.4, -0.2) is 13.2 Å². The van der Waals surface area contributed by atoms with Crippen molar-refractivity contribution in [2.75, 3.05) is 13.2 Å². The molecule has 2 aliphatic carbocycles. The molecule has 0 saturated heterocycles. The fraction of sp³-hybridized carbons (Fsp3) is 0.800. The molecule has 1 aromatic carbocycles. The maximum absolute atomic E-state index is 6.12. The van der Waals surface area contributed by atoms with Crippen LogP contribution in [0.5, 0.6) is 11.5 Å². The summed E-state index contributed by atoms with van der Waals surface area (Å²) in [6, 6.07) is 8.32. The van der Waals surface area contributed by atoms with E-state index in [1.807, 2.05) is 0 Å². The highest BCUT2D eigenvalue weighted by Gasteiger charge is 2.21. The van der Waals surface area contributed by atoms with Gasteiger partial charge >= 0.3 is 0 Å². The van der Waals surface area contributed by atoms with E-state index in [4.69, 9.17) is 9.47 Å². The zero-order chi connectivity index (χ0) is 22.4. The third kappa shape index (κ3) is 9.36. The van der Waals surface area contributed by atoms with E-state index in [1.54, 1.807) is 0 Å². The first-order chi connectivity index (χ1) is 15.8. The fourth-order valence-electron chi connectivity index (χ4n) is 5.88. The van der Waals surface area contributed by atoms with Gasteiger partial charge in [-0.2, -0.15) is 0 Å². The van der Waals surface area contributed by atoms with E-state index in [1.165, 1.54) is 103 Å². The topological polar surface area (TPSA) is 18.5 Å². The van der Waals surface area contributed by atoms with Gasteiger partial charge in [-0.05, 0) is 73.6 Å². The maximum Gasteiger partial charge on any atom is 0.119 e. The van der Waals surface area contributed by atoms with E-state index in [0.717, 1.165) is 48.4 Å². The summed E-state index contributed by atoms with van der Waals surface area (Å²) in [6.45, 7) is 6.36. The van der Waals surface area contributed by atoms with Gasteiger partial charge in [0, 0.05) is 0 Å². The predicted octanol–water partition coefficient (Wildman–Crippen LogP) is 9.22. The van der Waals surface area contributed by atoms with Crippen molar-refractivity contribution in [3.05, 3.63) is 24.3 Å².